The quantitative estimate of drug-likeness (QED) is 0.545. The Morgan fingerprint density at radius 2 is 1.62 bits per heavy atom. The molecule has 3 aromatic rings. The van der Waals surface area contributed by atoms with Crippen molar-refractivity contribution in [3.8, 4) is 0 Å². The number of carbonyl (C=O) groups excluding carboxylic acids is 1. The number of aryl methyl sites for hydroxylation is 1. The zero-order chi connectivity index (χ0) is 22.5. The number of ether oxygens (including phenoxy) is 1. The van der Waals surface area contributed by atoms with Gasteiger partial charge in [-0.2, -0.15) is 0 Å². The highest BCUT2D eigenvalue weighted by molar-refractivity contribution is 5.81. The van der Waals surface area contributed by atoms with Crippen LogP contribution in [0.1, 0.15) is 19.4 Å². The minimum absolute atomic E-state index is 0.0102. The molecule has 0 N–H and O–H groups in total. The molecule has 2 aromatic carbocycles. The fourth-order valence-electron chi connectivity index (χ4n) is 4.48. The first-order valence-corrected chi connectivity index (χ1v) is 11.4. The molecule has 1 aliphatic heterocycles. The van der Waals surface area contributed by atoms with Crippen molar-refractivity contribution < 1.29 is 9.53 Å². The number of benzene rings is 2. The van der Waals surface area contributed by atoms with E-state index < -0.39 is 0 Å². The lowest BCUT2D eigenvalue weighted by atomic mass is 10.1. The predicted octanol–water partition coefficient (Wildman–Crippen LogP) is 2.57. The van der Waals surface area contributed by atoms with Gasteiger partial charge in [-0.3, -0.25) is 18.8 Å². The van der Waals surface area contributed by atoms with Crippen LogP contribution in [0.2, 0.25) is 0 Å². The summed E-state index contributed by atoms with van der Waals surface area (Å²) in [5.41, 5.74) is 2.61. The van der Waals surface area contributed by atoms with Crippen LogP contribution in [0.5, 0.6) is 0 Å². The normalized spacial score (nSPS) is 15.7. The van der Waals surface area contributed by atoms with Crippen molar-refractivity contribution in [2.75, 3.05) is 32.8 Å². The Labute approximate surface area is 188 Å². The van der Waals surface area contributed by atoms with Gasteiger partial charge in [0.15, 0.2) is 0 Å². The molecule has 32 heavy (non-hydrogen) atoms. The molecule has 1 aliphatic rings. The van der Waals surface area contributed by atoms with Gasteiger partial charge in [0.05, 0.1) is 24.2 Å². The summed E-state index contributed by atoms with van der Waals surface area (Å²) in [7, 11) is 0. The average Bonchev–Trinajstić information content (AvgIpc) is 3.09. The van der Waals surface area contributed by atoms with Crippen molar-refractivity contribution in [1.29, 1.82) is 0 Å². The van der Waals surface area contributed by atoms with E-state index in [1.165, 1.54) is 0 Å². The van der Waals surface area contributed by atoms with E-state index in [0.717, 1.165) is 49.4 Å². The number of carbonyl (C=O) groups is 1. The fourth-order valence-corrected chi connectivity index (χ4v) is 4.48. The average molecular weight is 437 g/mol. The number of nitrogens with zero attached hydrogens (tertiary/aromatic N) is 4. The molecule has 1 unspecified atom stereocenters. The van der Waals surface area contributed by atoms with Gasteiger partial charge in [-0.25, -0.2) is 4.79 Å². The monoisotopic (exact) mass is 436 g/mol. The SMILES string of the molecule is CCn1c(=O)n(CC(=O)N(Cc2ccccc2)C(C)CN2CCOCC2)c2ccccc21. The van der Waals surface area contributed by atoms with Crippen LogP contribution in [0.25, 0.3) is 11.0 Å². The zero-order valence-electron chi connectivity index (χ0n) is 18.9. The number of para-hydroxylation sites is 2. The molecule has 7 heteroatoms. The first-order chi connectivity index (χ1) is 15.6. The Kier molecular flexibility index (Phi) is 7.07. The van der Waals surface area contributed by atoms with Crippen LogP contribution in [0.3, 0.4) is 0 Å². The van der Waals surface area contributed by atoms with Gasteiger partial charge in [-0.1, -0.05) is 42.5 Å². The second-order valence-corrected chi connectivity index (χ2v) is 8.37. The van der Waals surface area contributed by atoms with Crippen molar-refractivity contribution in [2.24, 2.45) is 0 Å². The van der Waals surface area contributed by atoms with Crippen LogP contribution in [0.4, 0.5) is 0 Å². The summed E-state index contributed by atoms with van der Waals surface area (Å²) < 4.78 is 8.80. The maximum atomic E-state index is 13.6. The Balaban J connectivity index is 1.60. The topological polar surface area (TPSA) is 59.7 Å². The van der Waals surface area contributed by atoms with Gasteiger partial charge in [0.1, 0.15) is 6.54 Å². The third-order valence-electron chi connectivity index (χ3n) is 6.21. The molecule has 1 atom stereocenters. The lowest BCUT2D eigenvalue weighted by molar-refractivity contribution is -0.135. The van der Waals surface area contributed by atoms with E-state index in [1.807, 2.05) is 66.4 Å². The van der Waals surface area contributed by atoms with Gasteiger partial charge < -0.3 is 9.64 Å². The minimum Gasteiger partial charge on any atom is -0.379 e. The Morgan fingerprint density at radius 3 is 2.28 bits per heavy atom. The van der Waals surface area contributed by atoms with E-state index in [4.69, 9.17) is 4.74 Å². The van der Waals surface area contributed by atoms with Gasteiger partial charge in [-0.15, -0.1) is 0 Å². The summed E-state index contributed by atoms with van der Waals surface area (Å²) in [6.07, 6.45) is 0. The zero-order valence-corrected chi connectivity index (χ0v) is 18.9. The smallest absolute Gasteiger partial charge is 0.329 e. The number of morpholine rings is 1. The molecule has 7 nitrogen and oxygen atoms in total. The van der Waals surface area contributed by atoms with Gasteiger partial charge in [0.2, 0.25) is 5.91 Å². The predicted molar refractivity (Wildman–Crippen MR) is 126 cm³/mol. The van der Waals surface area contributed by atoms with Crippen LogP contribution in [-0.4, -0.2) is 63.7 Å². The first-order valence-electron chi connectivity index (χ1n) is 11.4. The van der Waals surface area contributed by atoms with Crippen molar-refractivity contribution in [2.45, 2.75) is 39.5 Å². The van der Waals surface area contributed by atoms with Crippen LogP contribution in [0, 0.1) is 0 Å². The van der Waals surface area contributed by atoms with E-state index in [0.29, 0.717) is 13.1 Å². The molecule has 0 saturated carbocycles. The number of hydrogen-bond acceptors (Lipinski definition) is 4. The first kappa shape index (κ1) is 22.3. The Hall–Kier alpha value is -2.90. The number of hydrogen-bond donors (Lipinski definition) is 0. The number of rotatable bonds is 8. The summed E-state index contributed by atoms with van der Waals surface area (Å²) in [5, 5.41) is 0. The molecule has 170 valence electrons. The molecular weight excluding hydrogens is 404 g/mol. The second-order valence-electron chi connectivity index (χ2n) is 8.37. The van der Waals surface area contributed by atoms with E-state index in [9.17, 15) is 9.59 Å². The molecule has 2 heterocycles. The molecule has 4 rings (SSSR count). The maximum Gasteiger partial charge on any atom is 0.329 e. The number of aromatic nitrogens is 2. The van der Waals surface area contributed by atoms with E-state index in [2.05, 4.69) is 11.8 Å². The summed E-state index contributed by atoms with van der Waals surface area (Å²) in [4.78, 5) is 30.9. The van der Waals surface area contributed by atoms with Crippen LogP contribution < -0.4 is 5.69 Å². The highest BCUT2D eigenvalue weighted by atomic mass is 16.5. The van der Waals surface area contributed by atoms with Gasteiger partial charge in [0, 0.05) is 38.8 Å². The summed E-state index contributed by atoms with van der Waals surface area (Å²) in [6.45, 7) is 9.16. The fraction of sp³-hybridized carbons (Fsp3) is 0.440. The standard InChI is InChI=1S/C25H32N4O3/c1-3-27-22-11-7-8-12-23(22)29(25(27)31)19-24(30)28(18-21-9-5-4-6-10-21)20(2)17-26-13-15-32-16-14-26/h4-12,20H,3,13-19H2,1-2H3. The third kappa shape index (κ3) is 4.79. The summed E-state index contributed by atoms with van der Waals surface area (Å²) in [6, 6.07) is 17.7. The summed E-state index contributed by atoms with van der Waals surface area (Å²) >= 11 is 0. The van der Waals surface area contributed by atoms with Gasteiger partial charge in [0.25, 0.3) is 0 Å². The molecule has 0 spiro atoms. The number of amides is 1. The van der Waals surface area contributed by atoms with Gasteiger partial charge >= 0.3 is 5.69 Å². The number of imidazole rings is 1. The van der Waals surface area contributed by atoms with Crippen molar-refractivity contribution in [1.82, 2.24) is 18.9 Å². The van der Waals surface area contributed by atoms with E-state index in [-0.39, 0.29) is 24.2 Å². The molecule has 1 amide bonds. The summed E-state index contributed by atoms with van der Waals surface area (Å²) in [5.74, 6) is -0.0456. The molecule has 1 fully saturated rings. The van der Waals surface area contributed by atoms with Crippen molar-refractivity contribution in [3.63, 3.8) is 0 Å². The highest BCUT2D eigenvalue weighted by Crippen LogP contribution is 2.16. The Morgan fingerprint density at radius 1 is 1.00 bits per heavy atom. The molecule has 0 bridgehead atoms. The highest BCUT2D eigenvalue weighted by Gasteiger charge is 2.25. The lowest BCUT2D eigenvalue weighted by Crippen LogP contribution is -2.49. The Bertz CT molecular complexity index is 1100. The van der Waals surface area contributed by atoms with Gasteiger partial charge in [-0.05, 0) is 31.5 Å². The van der Waals surface area contributed by atoms with Crippen LogP contribution >= 0.6 is 0 Å². The molecule has 1 saturated heterocycles. The van der Waals surface area contributed by atoms with Crippen molar-refractivity contribution in [3.05, 3.63) is 70.6 Å². The maximum absolute atomic E-state index is 13.6. The molecule has 0 aliphatic carbocycles. The molecule has 1 aromatic heterocycles. The van der Waals surface area contributed by atoms with E-state index in [1.54, 1.807) is 9.13 Å². The van der Waals surface area contributed by atoms with Crippen molar-refractivity contribution >= 4 is 16.9 Å². The largest absolute Gasteiger partial charge is 0.379 e. The molecular formula is C25H32N4O3. The van der Waals surface area contributed by atoms with Crippen LogP contribution in [-0.2, 0) is 29.2 Å². The van der Waals surface area contributed by atoms with E-state index >= 15 is 0 Å². The minimum atomic E-state index is -0.137. The third-order valence-corrected chi connectivity index (χ3v) is 6.21. The lowest BCUT2D eigenvalue weighted by Gasteiger charge is -2.35. The number of fused-ring (bicyclic) bond motifs is 1. The second kappa shape index (κ2) is 10.1. The molecule has 0 radical (unpaired) electrons. The van der Waals surface area contributed by atoms with Crippen LogP contribution in [0.15, 0.2) is 59.4 Å².